The number of hydrogen-bond acceptors (Lipinski definition) is 2. The molecule has 1 aromatic carbocycles. The van der Waals surface area contributed by atoms with Crippen LogP contribution in [0.15, 0.2) is 36.7 Å². The summed E-state index contributed by atoms with van der Waals surface area (Å²) in [6, 6.07) is 5.32. The zero-order valence-electron chi connectivity index (χ0n) is 8.32. The van der Waals surface area contributed by atoms with Crippen molar-refractivity contribution in [2.24, 2.45) is 0 Å². The standard InChI is InChI=1S/C12H9F2NO/c13-11-2-1-9(4-12(11)14)10-3-8(7-16)5-15-6-10/h1-6,16H,7H2. The van der Waals surface area contributed by atoms with Crippen molar-refractivity contribution >= 4 is 0 Å². The van der Waals surface area contributed by atoms with Crippen LogP contribution in [-0.4, -0.2) is 10.1 Å². The van der Waals surface area contributed by atoms with Gasteiger partial charge in [-0.1, -0.05) is 6.07 Å². The third kappa shape index (κ3) is 2.06. The molecule has 1 N–H and O–H groups in total. The molecule has 4 heteroatoms. The van der Waals surface area contributed by atoms with Crippen molar-refractivity contribution in [3.05, 3.63) is 53.9 Å². The summed E-state index contributed by atoms with van der Waals surface area (Å²) in [7, 11) is 0. The van der Waals surface area contributed by atoms with Gasteiger partial charge in [0.1, 0.15) is 0 Å². The first kappa shape index (κ1) is 10.7. The number of pyridine rings is 1. The molecule has 0 saturated heterocycles. The van der Waals surface area contributed by atoms with Gasteiger partial charge in [0.25, 0.3) is 0 Å². The molecule has 2 nitrogen and oxygen atoms in total. The summed E-state index contributed by atoms with van der Waals surface area (Å²) >= 11 is 0. The van der Waals surface area contributed by atoms with Gasteiger partial charge in [-0.3, -0.25) is 4.98 Å². The van der Waals surface area contributed by atoms with Crippen molar-refractivity contribution in [1.82, 2.24) is 4.98 Å². The number of nitrogens with zero attached hydrogens (tertiary/aromatic N) is 1. The van der Waals surface area contributed by atoms with Crippen LogP contribution in [0.3, 0.4) is 0 Å². The summed E-state index contributed by atoms with van der Waals surface area (Å²) in [5.41, 5.74) is 1.80. The van der Waals surface area contributed by atoms with Crippen molar-refractivity contribution in [2.75, 3.05) is 0 Å². The molecular weight excluding hydrogens is 212 g/mol. The highest BCUT2D eigenvalue weighted by molar-refractivity contribution is 5.63. The van der Waals surface area contributed by atoms with Crippen LogP contribution in [0.4, 0.5) is 8.78 Å². The maximum atomic E-state index is 13.0. The number of rotatable bonds is 2. The van der Waals surface area contributed by atoms with Crippen LogP contribution in [0.1, 0.15) is 5.56 Å². The van der Waals surface area contributed by atoms with Crippen LogP contribution in [0.5, 0.6) is 0 Å². The van der Waals surface area contributed by atoms with Gasteiger partial charge < -0.3 is 5.11 Å². The van der Waals surface area contributed by atoms with E-state index in [1.165, 1.54) is 18.5 Å². The molecule has 0 aliphatic carbocycles. The van der Waals surface area contributed by atoms with E-state index in [0.29, 0.717) is 16.7 Å². The van der Waals surface area contributed by atoms with E-state index in [9.17, 15) is 8.78 Å². The van der Waals surface area contributed by atoms with Crippen LogP contribution >= 0.6 is 0 Å². The number of aromatic nitrogens is 1. The minimum Gasteiger partial charge on any atom is -0.392 e. The highest BCUT2D eigenvalue weighted by Crippen LogP contribution is 2.21. The summed E-state index contributed by atoms with van der Waals surface area (Å²) < 4.78 is 25.7. The van der Waals surface area contributed by atoms with Crippen LogP contribution in [-0.2, 0) is 6.61 Å². The Hall–Kier alpha value is -1.81. The zero-order valence-corrected chi connectivity index (χ0v) is 8.32. The first-order valence-corrected chi connectivity index (χ1v) is 4.71. The predicted molar refractivity (Wildman–Crippen MR) is 55.5 cm³/mol. The first-order valence-electron chi connectivity index (χ1n) is 4.71. The van der Waals surface area contributed by atoms with Crippen molar-refractivity contribution in [2.45, 2.75) is 6.61 Å². The van der Waals surface area contributed by atoms with E-state index >= 15 is 0 Å². The maximum Gasteiger partial charge on any atom is 0.159 e. The normalized spacial score (nSPS) is 10.4. The summed E-state index contributed by atoms with van der Waals surface area (Å²) in [6.45, 7) is -0.134. The molecule has 0 saturated carbocycles. The summed E-state index contributed by atoms with van der Waals surface area (Å²) in [5, 5.41) is 8.93. The Bertz CT molecular complexity index is 514. The Kier molecular flexibility index (Phi) is 2.92. The minimum absolute atomic E-state index is 0.134. The molecule has 0 fully saturated rings. The molecule has 0 atom stereocenters. The van der Waals surface area contributed by atoms with E-state index in [4.69, 9.17) is 5.11 Å². The van der Waals surface area contributed by atoms with E-state index in [1.807, 2.05) is 0 Å². The molecule has 16 heavy (non-hydrogen) atoms. The van der Waals surface area contributed by atoms with Crippen LogP contribution < -0.4 is 0 Å². The highest BCUT2D eigenvalue weighted by Gasteiger charge is 2.05. The van der Waals surface area contributed by atoms with E-state index in [2.05, 4.69) is 4.98 Å². The van der Waals surface area contributed by atoms with Gasteiger partial charge >= 0.3 is 0 Å². The molecule has 0 spiro atoms. The predicted octanol–water partition coefficient (Wildman–Crippen LogP) is 2.52. The molecule has 1 heterocycles. The topological polar surface area (TPSA) is 33.1 Å². The lowest BCUT2D eigenvalue weighted by Crippen LogP contribution is -1.89. The molecule has 2 rings (SSSR count). The van der Waals surface area contributed by atoms with Crippen LogP contribution in [0.2, 0.25) is 0 Å². The van der Waals surface area contributed by atoms with E-state index in [-0.39, 0.29) is 6.61 Å². The van der Waals surface area contributed by atoms with Crippen molar-refractivity contribution in [3.63, 3.8) is 0 Å². The Morgan fingerprint density at radius 2 is 1.81 bits per heavy atom. The van der Waals surface area contributed by atoms with E-state index < -0.39 is 11.6 Å². The van der Waals surface area contributed by atoms with Crippen molar-refractivity contribution < 1.29 is 13.9 Å². The maximum absolute atomic E-state index is 13.0. The zero-order chi connectivity index (χ0) is 11.5. The van der Waals surface area contributed by atoms with Gasteiger partial charge in [-0.25, -0.2) is 8.78 Å². The van der Waals surface area contributed by atoms with Gasteiger partial charge in [-0.15, -0.1) is 0 Å². The SMILES string of the molecule is OCc1cncc(-c2ccc(F)c(F)c2)c1. The number of aliphatic hydroxyl groups is 1. The summed E-state index contributed by atoms with van der Waals surface area (Å²) in [4.78, 5) is 3.91. The molecular formula is C12H9F2NO. The Morgan fingerprint density at radius 1 is 1.00 bits per heavy atom. The molecule has 0 aliphatic rings. The van der Waals surface area contributed by atoms with E-state index in [1.54, 1.807) is 6.07 Å². The molecule has 82 valence electrons. The second kappa shape index (κ2) is 4.37. The highest BCUT2D eigenvalue weighted by atomic mass is 19.2. The van der Waals surface area contributed by atoms with Gasteiger partial charge in [-0.2, -0.15) is 0 Å². The Labute approximate surface area is 91.2 Å². The quantitative estimate of drug-likeness (QED) is 0.845. The van der Waals surface area contributed by atoms with Gasteiger partial charge in [-0.05, 0) is 29.3 Å². The summed E-state index contributed by atoms with van der Waals surface area (Å²) in [5.74, 6) is -1.78. The van der Waals surface area contributed by atoms with Gasteiger partial charge in [0.2, 0.25) is 0 Å². The van der Waals surface area contributed by atoms with Crippen LogP contribution in [0.25, 0.3) is 11.1 Å². The minimum atomic E-state index is -0.896. The van der Waals surface area contributed by atoms with Crippen molar-refractivity contribution in [1.29, 1.82) is 0 Å². The number of benzene rings is 1. The average Bonchev–Trinajstić information content (AvgIpc) is 2.33. The smallest absolute Gasteiger partial charge is 0.159 e. The lowest BCUT2D eigenvalue weighted by atomic mass is 10.1. The molecule has 0 bridgehead atoms. The fraction of sp³-hybridized carbons (Fsp3) is 0.0833. The third-order valence-corrected chi connectivity index (χ3v) is 2.23. The molecule has 0 amide bonds. The number of hydrogen-bond donors (Lipinski definition) is 1. The molecule has 0 unspecified atom stereocenters. The van der Waals surface area contributed by atoms with E-state index in [0.717, 1.165) is 12.1 Å². The number of halogens is 2. The van der Waals surface area contributed by atoms with Gasteiger partial charge in [0.05, 0.1) is 6.61 Å². The lowest BCUT2D eigenvalue weighted by molar-refractivity contribution is 0.281. The van der Waals surface area contributed by atoms with Crippen LogP contribution in [0, 0.1) is 11.6 Å². The average molecular weight is 221 g/mol. The first-order chi connectivity index (χ1) is 7.70. The Morgan fingerprint density at radius 3 is 2.50 bits per heavy atom. The largest absolute Gasteiger partial charge is 0.392 e. The molecule has 0 aliphatic heterocycles. The fourth-order valence-corrected chi connectivity index (χ4v) is 1.41. The third-order valence-electron chi connectivity index (χ3n) is 2.23. The van der Waals surface area contributed by atoms with Gasteiger partial charge in [0.15, 0.2) is 11.6 Å². The molecule has 2 aromatic rings. The second-order valence-electron chi connectivity index (χ2n) is 3.37. The molecule has 1 aromatic heterocycles. The molecule has 0 radical (unpaired) electrons. The van der Waals surface area contributed by atoms with Gasteiger partial charge in [0, 0.05) is 18.0 Å². The Balaban J connectivity index is 2.46. The fourth-order valence-electron chi connectivity index (χ4n) is 1.41. The second-order valence-corrected chi connectivity index (χ2v) is 3.37. The monoisotopic (exact) mass is 221 g/mol. The lowest BCUT2D eigenvalue weighted by Gasteiger charge is -2.03. The summed E-state index contributed by atoms with van der Waals surface area (Å²) in [6.07, 6.45) is 3.05. The number of aliphatic hydroxyl groups excluding tert-OH is 1. The van der Waals surface area contributed by atoms with Crippen molar-refractivity contribution in [3.8, 4) is 11.1 Å².